The zero-order valence-electron chi connectivity index (χ0n) is 13.0. The highest BCUT2D eigenvalue weighted by Crippen LogP contribution is 2.13. The predicted molar refractivity (Wildman–Crippen MR) is 84.2 cm³/mol. The van der Waals surface area contributed by atoms with Crippen LogP contribution in [0, 0.1) is 13.8 Å². The van der Waals surface area contributed by atoms with Gasteiger partial charge in [-0.2, -0.15) is 5.10 Å². The number of hydrogen-bond donors (Lipinski definition) is 1. The number of nitrogens with one attached hydrogen (secondary N) is 1. The second-order valence-corrected chi connectivity index (χ2v) is 5.36. The van der Waals surface area contributed by atoms with Gasteiger partial charge in [0.25, 0.3) is 0 Å². The standard InChI is InChI=1S/C17H23N3O/c1-13-16(14(2)20(3)19-13)9-10-17(21)18-12-11-15-7-5-4-6-8-15/h4-8H,9-12H2,1-3H3,(H,18,21). The maximum absolute atomic E-state index is 11.9. The lowest BCUT2D eigenvalue weighted by molar-refractivity contribution is -0.121. The minimum absolute atomic E-state index is 0.105. The van der Waals surface area contributed by atoms with Gasteiger partial charge in [-0.15, -0.1) is 0 Å². The first-order chi connectivity index (χ1) is 10.1. The lowest BCUT2D eigenvalue weighted by Gasteiger charge is -2.06. The van der Waals surface area contributed by atoms with E-state index in [2.05, 4.69) is 22.5 Å². The van der Waals surface area contributed by atoms with Crippen LogP contribution in [-0.2, 0) is 24.7 Å². The van der Waals surface area contributed by atoms with E-state index in [-0.39, 0.29) is 5.91 Å². The van der Waals surface area contributed by atoms with Crippen LogP contribution in [0.4, 0.5) is 0 Å². The molecule has 4 heteroatoms. The van der Waals surface area contributed by atoms with Crippen LogP contribution in [-0.4, -0.2) is 22.2 Å². The van der Waals surface area contributed by atoms with E-state index in [1.165, 1.54) is 11.1 Å². The Morgan fingerprint density at radius 3 is 2.52 bits per heavy atom. The first-order valence-electron chi connectivity index (χ1n) is 7.37. The minimum atomic E-state index is 0.105. The molecular weight excluding hydrogens is 262 g/mol. The highest BCUT2D eigenvalue weighted by atomic mass is 16.1. The molecule has 0 unspecified atom stereocenters. The van der Waals surface area contributed by atoms with Gasteiger partial charge >= 0.3 is 0 Å². The van der Waals surface area contributed by atoms with Crippen molar-refractivity contribution in [1.82, 2.24) is 15.1 Å². The Balaban J connectivity index is 1.75. The first kappa shape index (κ1) is 15.3. The summed E-state index contributed by atoms with van der Waals surface area (Å²) in [6.45, 7) is 4.73. The molecule has 4 nitrogen and oxygen atoms in total. The van der Waals surface area contributed by atoms with Crippen LogP contribution in [0.3, 0.4) is 0 Å². The molecule has 1 heterocycles. The zero-order valence-corrected chi connectivity index (χ0v) is 13.0. The van der Waals surface area contributed by atoms with E-state index in [4.69, 9.17) is 0 Å². The fourth-order valence-corrected chi connectivity index (χ4v) is 2.50. The molecule has 0 aliphatic carbocycles. The van der Waals surface area contributed by atoms with Crippen LogP contribution in [0.15, 0.2) is 30.3 Å². The summed E-state index contributed by atoms with van der Waals surface area (Å²) in [7, 11) is 1.94. The lowest BCUT2D eigenvalue weighted by Crippen LogP contribution is -2.25. The number of benzene rings is 1. The SMILES string of the molecule is Cc1nn(C)c(C)c1CCC(=O)NCCc1ccccc1. The third-order valence-corrected chi connectivity index (χ3v) is 3.84. The Hall–Kier alpha value is -2.10. The predicted octanol–water partition coefficient (Wildman–Crippen LogP) is 2.33. The topological polar surface area (TPSA) is 46.9 Å². The van der Waals surface area contributed by atoms with Gasteiger partial charge < -0.3 is 5.32 Å². The van der Waals surface area contributed by atoms with Gasteiger partial charge in [0.15, 0.2) is 0 Å². The number of aromatic nitrogens is 2. The highest BCUT2D eigenvalue weighted by Gasteiger charge is 2.11. The van der Waals surface area contributed by atoms with Crippen LogP contribution in [0.2, 0.25) is 0 Å². The number of nitrogens with zero attached hydrogens (tertiary/aromatic N) is 2. The molecule has 0 radical (unpaired) electrons. The van der Waals surface area contributed by atoms with Crippen molar-refractivity contribution in [3.8, 4) is 0 Å². The zero-order chi connectivity index (χ0) is 15.2. The Morgan fingerprint density at radius 2 is 1.90 bits per heavy atom. The number of carbonyl (C=O) groups excluding carboxylic acids is 1. The maximum atomic E-state index is 11.9. The molecule has 0 bridgehead atoms. The second kappa shape index (κ2) is 7.07. The molecule has 1 aromatic carbocycles. The molecule has 112 valence electrons. The summed E-state index contributed by atoms with van der Waals surface area (Å²) >= 11 is 0. The smallest absolute Gasteiger partial charge is 0.220 e. The molecule has 1 N–H and O–H groups in total. The lowest BCUT2D eigenvalue weighted by atomic mass is 10.1. The Labute approximate surface area is 126 Å². The fraction of sp³-hybridized carbons (Fsp3) is 0.412. The van der Waals surface area contributed by atoms with E-state index in [0.717, 1.165) is 24.2 Å². The molecular formula is C17H23N3O. The van der Waals surface area contributed by atoms with Crippen molar-refractivity contribution < 1.29 is 4.79 Å². The fourth-order valence-electron chi connectivity index (χ4n) is 2.50. The summed E-state index contributed by atoms with van der Waals surface area (Å²) in [4.78, 5) is 11.9. The van der Waals surface area contributed by atoms with Gasteiger partial charge in [0.05, 0.1) is 5.69 Å². The Bertz CT molecular complexity index is 602. The number of aryl methyl sites for hydroxylation is 2. The Morgan fingerprint density at radius 1 is 1.19 bits per heavy atom. The number of hydrogen-bond acceptors (Lipinski definition) is 2. The molecule has 0 saturated heterocycles. The van der Waals surface area contributed by atoms with Gasteiger partial charge in [0.1, 0.15) is 0 Å². The molecule has 1 aromatic heterocycles. The van der Waals surface area contributed by atoms with E-state index in [9.17, 15) is 4.79 Å². The van der Waals surface area contributed by atoms with Crippen LogP contribution < -0.4 is 5.32 Å². The van der Waals surface area contributed by atoms with E-state index < -0.39 is 0 Å². The highest BCUT2D eigenvalue weighted by molar-refractivity contribution is 5.76. The van der Waals surface area contributed by atoms with E-state index in [1.807, 2.05) is 43.8 Å². The van der Waals surface area contributed by atoms with E-state index >= 15 is 0 Å². The Kier molecular flexibility index (Phi) is 5.14. The number of rotatable bonds is 6. The van der Waals surface area contributed by atoms with Crippen molar-refractivity contribution in [3.05, 3.63) is 52.8 Å². The summed E-state index contributed by atoms with van der Waals surface area (Å²) in [5.41, 5.74) is 4.60. The molecule has 2 aromatic rings. The third-order valence-electron chi connectivity index (χ3n) is 3.84. The van der Waals surface area contributed by atoms with Gasteiger partial charge in [-0.1, -0.05) is 30.3 Å². The van der Waals surface area contributed by atoms with Gasteiger partial charge in [0, 0.05) is 25.7 Å². The maximum Gasteiger partial charge on any atom is 0.220 e. The molecule has 0 aliphatic rings. The first-order valence-corrected chi connectivity index (χ1v) is 7.37. The summed E-state index contributed by atoms with van der Waals surface area (Å²) < 4.78 is 1.87. The number of carbonyl (C=O) groups is 1. The summed E-state index contributed by atoms with van der Waals surface area (Å²) in [5.74, 6) is 0.105. The van der Waals surface area contributed by atoms with Crippen molar-refractivity contribution >= 4 is 5.91 Å². The average molecular weight is 285 g/mol. The summed E-state index contributed by atoms with van der Waals surface area (Å²) in [5, 5.41) is 7.36. The van der Waals surface area contributed by atoms with Gasteiger partial charge in [-0.3, -0.25) is 9.48 Å². The second-order valence-electron chi connectivity index (χ2n) is 5.36. The van der Waals surface area contributed by atoms with Crippen molar-refractivity contribution in [2.45, 2.75) is 33.1 Å². The normalized spacial score (nSPS) is 10.6. The average Bonchev–Trinajstić information content (AvgIpc) is 2.71. The van der Waals surface area contributed by atoms with E-state index in [0.29, 0.717) is 13.0 Å². The molecule has 0 fully saturated rings. The molecule has 2 rings (SSSR count). The molecule has 0 saturated carbocycles. The largest absolute Gasteiger partial charge is 0.356 e. The van der Waals surface area contributed by atoms with E-state index in [1.54, 1.807) is 0 Å². The van der Waals surface area contributed by atoms with Crippen molar-refractivity contribution in [2.75, 3.05) is 6.54 Å². The van der Waals surface area contributed by atoms with Crippen LogP contribution >= 0.6 is 0 Å². The monoisotopic (exact) mass is 285 g/mol. The summed E-state index contributed by atoms with van der Waals surface area (Å²) in [6.07, 6.45) is 2.14. The summed E-state index contributed by atoms with van der Waals surface area (Å²) in [6, 6.07) is 10.2. The van der Waals surface area contributed by atoms with Crippen LogP contribution in [0.5, 0.6) is 0 Å². The van der Waals surface area contributed by atoms with Crippen molar-refractivity contribution in [1.29, 1.82) is 0 Å². The minimum Gasteiger partial charge on any atom is -0.356 e. The molecule has 0 aliphatic heterocycles. The van der Waals surface area contributed by atoms with Crippen molar-refractivity contribution in [3.63, 3.8) is 0 Å². The molecule has 0 atom stereocenters. The number of amides is 1. The van der Waals surface area contributed by atoms with Crippen LogP contribution in [0.25, 0.3) is 0 Å². The molecule has 21 heavy (non-hydrogen) atoms. The van der Waals surface area contributed by atoms with Gasteiger partial charge in [0.2, 0.25) is 5.91 Å². The third kappa shape index (κ3) is 4.18. The molecule has 0 spiro atoms. The molecule has 1 amide bonds. The van der Waals surface area contributed by atoms with Crippen LogP contribution in [0.1, 0.15) is 28.9 Å². The quantitative estimate of drug-likeness (QED) is 0.885. The van der Waals surface area contributed by atoms with Crippen molar-refractivity contribution in [2.24, 2.45) is 7.05 Å². The van der Waals surface area contributed by atoms with Gasteiger partial charge in [-0.25, -0.2) is 0 Å². The van der Waals surface area contributed by atoms with Gasteiger partial charge in [-0.05, 0) is 37.8 Å².